The van der Waals surface area contributed by atoms with E-state index < -0.39 is 10.2 Å². The number of ether oxygens (including phenoxy) is 1. The van der Waals surface area contributed by atoms with Gasteiger partial charge in [-0.2, -0.15) is 8.42 Å². The first-order valence-corrected chi connectivity index (χ1v) is 8.80. The summed E-state index contributed by atoms with van der Waals surface area (Å²) in [6.45, 7) is -0.167. The summed E-state index contributed by atoms with van der Waals surface area (Å²) in [4.78, 5) is 8.00. The van der Waals surface area contributed by atoms with Crippen LogP contribution in [0.1, 0.15) is 0 Å². The number of aromatic nitrogens is 2. The minimum atomic E-state index is -3.75. The first-order valence-electron chi connectivity index (χ1n) is 6.52. The molecule has 0 spiro atoms. The Balaban J connectivity index is 2.55. The second-order valence-corrected chi connectivity index (χ2v) is 6.83. The van der Waals surface area contributed by atoms with E-state index in [1.807, 2.05) is 0 Å². The molecule has 1 aromatic heterocycles. The van der Waals surface area contributed by atoms with Gasteiger partial charge in [-0.25, -0.2) is 14.7 Å². The van der Waals surface area contributed by atoms with Crippen LogP contribution in [-0.4, -0.2) is 43.8 Å². The zero-order chi connectivity index (χ0) is 16.9. The van der Waals surface area contributed by atoms with E-state index in [1.165, 1.54) is 13.4 Å². The van der Waals surface area contributed by atoms with Crippen LogP contribution in [0.2, 0.25) is 0 Å². The molecule has 0 bridgehead atoms. The first-order chi connectivity index (χ1) is 11.0. The Morgan fingerprint density at radius 1 is 1.26 bits per heavy atom. The van der Waals surface area contributed by atoms with Crippen LogP contribution in [0, 0.1) is 0 Å². The third-order valence-electron chi connectivity index (χ3n) is 2.78. The molecule has 1 aromatic carbocycles. The van der Waals surface area contributed by atoms with Crippen LogP contribution in [-0.2, 0) is 10.2 Å². The molecule has 0 radical (unpaired) electrons. The van der Waals surface area contributed by atoms with Crippen LogP contribution >= 0.6 is 15.9 Å². The Morgan fingerprint density at radius 2 is 1.96 bits per heavy atom. The average molecular weight is 403 g/mol. The van der Waals surface area contributed by atoms with E-state index in [1.54, 1.807) is 24.3 Å². The number of aliphatic hydroxyl groups excluding tert-OH is 1. The maximum absolute atomic E-state index is 11.8. The van der Waals surface area contributed by atoms with Crippen molar-refractivity contribution in [3.05, 3.63) is 35.1 Å². The van der Waals surface area contributed by atoms with Crippen LogP contribution in [0.4, 0.5) is 5.82 Å². The van der Waals surface area contributed by atoms with Gasteiger partial charge in [0.1, 0.15) is 12.9 Å². The smallest absolute Gasteiger partial charge is 0.300 e. The number of halogens is 1. The fourth-order valence-electron chi connectivity index (χ4n) is 1.75. The summed E-state index contributed by atoms with van der Waals surface area (Å²) >= 11 is 3.34. The number of hydrogen-bond acceptors (Lipinski definition) is 6. The quantitative estimate of drug-likeness (QED) is 0.639. The zero-order valence-electron chi connectivity index (χ0n) is 12.2. The van der Waals surface area contributed by atoms with E-state index in [0.29, 0.717) is 11.1 Å². The third kappa shape index (κ3) is 4.61. The van der Waals surface area contributed by atoms with Gasteiger partial charge in [0.05, 0.1) is 12.2 Å². The van der Waals surface area contributed by atoms with Crippen molar-refractivity contribution in [3.63, 3.8) is 0 Å². The Morgan fingerprint density at radius 3 is 2.57 bits per heavy atom. The lowest BCUT2D eigenvalue weighted by Crippen LogP contribution is -2.27. The summed E-state index contributed by atoms with van der Waals surface area (Å²) in [5.74, 6) is 0.245. The summed E-state index contributed by atoms with van der Waals surface area (Å²) in [5, 5.41) is 8.92. The molecule has 0 unspecified atom stereocenters. The molecule has 3 N–H and O–H groups in total. The molecule has 1 heterocycles. The predicted octanol–water partition coefficient (Wildman–Crippen LogP) is 1.15. The Bertz CT molecular complexity index is 768. The molecule has 0 saturated heterocycles. The molecule has 10 heteroatoms. The molecule has 0 aliphatic heterocycles. The van der Waals surface area contributed by atoms with Gasteiger partial charge >= 0.3 is 0 Å². The van der Waals surface area contributed by atoms with Gasteiger partial charge in [0, 0.05) is 11.5 Å². The fourth-order valence-corrected chi connectivity index (χ4v) is 2.53. The third-order valence-corrected chi connectivity index (χ3v) is 4.30. The van der Waals surface area contributed by atoms with E-state index >= 15 is 0 Å². The summed E-state index contributed by atoms with van der Waals surface area (Å²) in [6.07, 6.45) is 1.18. The fraction of sp³-hybridized carbons (Fsp3) is 0.231. The molecule has 0 amide bonds. The summed E-state index contributed by atoms with van der Waals surface area (Å²) < 4.78 is 34.3. The lowest BCUT2D eigenvalue weighted by atomic mass is 10.1. The Kier molecular flexibility index (Phi) is 5.88. The number of benzene rings is 1. The largest absolute Gasteiger partial charge is 0.475 e. The number of aliphatic hydroxyl groups is 1. The van der Waals surface area contributed by atoms with Crippen molar-refractivity contribution >= 4 is 32.0 Å². The van der Waals surface area contributed by atoms with Gasteiger partial charge in [-0.3, -0.25) is 4.72 Å². The van der Waals surface area contributed by atoms with Crippen molar-refractivity contribution in [2.45, 2.75) is 0 Å². The number of anilines is 1. The van der Waals surface area contributed by atoms with Crippen LogP contribution in [0.15, 0.2) is 35.1 Å². The standard InChI is InChI=1S/C13H15BrN4O4S/c1-15-23(20,21)18-12-11(9-2-4-10(14)5-3-9)13(17-8-16-12)22-7-6-19/h2-5,8,15,19H,6-7H2,1H3,(H,16,17,18). The molecule has 8 nitrogen and oxygen atoms in total. The topological polar surface area (TPSA) is 113 Å². The van der Waals surface area contributed by atoms with Crippen molar-refractivity contribution in [2.24, 2.45) is 0 Å². The average Bonchev–Trinajstić information content (AvgIpc) is 2.54. The van der Waals surface area contributed by atoms with Crippen LogP contribution < -0.4 is 14.2 Å². The second-order valence-electron chi connectivity index (χ2n) is 4.29. The van der Waals surface area contributed by atoms with Gasteiger partial charge in [-0.1, -0.05) is 28.1 Å². The molecule has 0 fully saturated rings. The van der Waals surface area contributed by atoms with Crippen LogP contribution in [0.25, 0.3) is 11.1 Å². The van der Waals surface area contributed by atoms with Crippen molar-refractivity contribution < 1.29 is 18.3 Å². The van der Waals surface area contributed by atoms with Gasteiger partial charge in [0.25, 0.3) is 10.2 Å². The predicted molar refractivity (Wildman–Crippen MR) is 89.4 cm³/mol. The van der Waals surface area contributed by atoms with Crippen molar-refractivity contribution in [1.29, 1.82) is 0 Å². The van der Waals surface area contributed by atoms with Gasteiger partial charge < -0.3 is 9.84 Å². The molecule has 0 aliphatic carbocycles. The lowest BCUT2D eigenvalue weighted by molar-refractivity contribution is 0.197. The molecule has 124 valence electrons. The lowest BCUT2D eigenvalue weighted by Gasteiger charge is -2.14. The minimum absolute atomic E-state index is 0.0265. The van der Waals surface area contributed by atoms with Gasteiger partial charge in [0.2, 0.25) is 5.88 Å². The molecule has 0 atom stereocenters. The highest BCUT2D eigenvalue weighted by Gasteiger charge is 2.18. The number of nitrogens with zero attached hydrogens (tertiary/aromatic N) is 2. The van der Waals surface area contributed by atoms with Gasteiger partial charge in [-0.15, -0.1) is 0 Å². The Labute approximate surface area is 142 Å². The molecule has 2 rings (SSSR count). The van der Waals surface area contributed by atoms with Crippen LogP contribution in [0.5, 0.6) is 5.88 Å². The highest BCUT2D eigenvalue weighted by atomic mass is 79.9. The summed E-state index contributed by atoms with van der Waals surface area (Å²) in [7, 11) is -2.47. The molecule has 0 aliphatic rings. The second kappa shape index (κ2) is 7.68. The summed E-state index contributed by atoms with van der Waals surface area (Å²) in [5.41, 5.74) is 1.04. The zero-order valence-corrected chi connectivity index (χ0v) is 14.6. The number of hydrogen-bond donors (Lipinski definition) is 3. The summed E-state index contributed by atoms with van der Waals surface area (Å²) in [6, 6.07) is 7.14. The first kappa shape index (κ1) is 17.6. The van der Waals surface area contributed by atoms with E-state index in [4.69, 9.17) is 9.84 Å². The van der Waals surface area contributed by atoms with Crippen LogP contribution in [0.3, 0.4) is 0 Å². The monoisotopic (exact) mass is 402 g/mol. The van der Waals surface area contributed by atoms with E-state index in [-0.39, 0.29) is 24.9 Å². The van der Waals surface area contributed by atoms with Crippen molar-refractivity contribution in [2.75, 3.05) is 25.0 Å². The molecular weight excluding hydrogens is 388 g/mol. The van der Waals surface area contributed by atoms with E-state index in [2.05, 4.69) is 35.3 Å². The van der Waals surface area contributed by atoms with E-state index in [0.717, 1.165) is 4.47 Å². The molecular formula is C13H15BrN4O4S. The molecule has 23 heavy (non-hydrogen) atoms. The van der Waals surface area contributed by atoms with E-state index in [9.17, 15) is 8.42 Å². The van der Waals surface area contributed by atoms with Gasteiger partial charge in [-0.05, 0) is 17.7 Å². The van der Waals surface area contributed by atoms with Gasteiger partial charge in [0.15, 0.2) is 5.82 Å². The van der Waals surface area contributed by atoms with Crippen molar-refractivity contribution in [3.8, 4) is 17.0 Å². The minimum Gasteiger partial charge on any atom is -0.475 e. The van der Waals surface area contributed by atoms with Crippen molar-refractivity contribution in [1.82, 2.24) is 14.7 Å². The highest BCUT2D eigenvalue weighted by molar-refractivity contribution is 9.10. The molecule has 0 saturated carbocycles. The number of rotatable bonds is 7. The normalized spacial score (nSPS) is 11.3. The molecule has 2 aromatic rings. The SMILES string of the molecule is CNS(=O)(=O)Nc1ncnc(OCCO)c1-c1ccc(Br)cc1. The highest BCUT2D eigenvalue weighted by Crippen LogP contribution is 2.34. The number of nitrogens with one attached hydrogen (secondary N) is 2. The maximum atomic E-state index is 11.8. The maximum Gasteiger partial charge on any atom is 0.300 e. The Hall–Kier alpha value is -1.75.